The Balaban J connectivity index is 1.57. The largest absolute Gasteiger partial charge is 0.493 e. The van der Waals surface area contributed by atoms with Crippen LogP contribution in [0.3, 0.4) is 0 Å². The minimum absolute atomic E-state index is 0.627. The predicted molar refractivity (Wildman–Crippen MR) is 74.1 cm³/mol. The summed E-state index contributed by atoms with van der Waals surface area (Å²) >= 11 is 0. The Bertz CT molecular complexity index is 411. The van der Waals surface area contributed by atoms with Gasteiger partial charge in [-0.3, -0.25) is 0 Å². The Kier molecular flexibility index (Phi) is 3.29. The van der Waals surface area contributed by atoms with Crippen molar-refractivity contribution in [2.24, 2.45) is 5.41 Å². The third-order valence-electron chi connectivity index (χ3n) is 4.68. The Morgan fingerprint density at radius 3 is 2.94 bits per heavy atom. The van der Waals surface area contributed by atoms with Gasteiger partial charge in [0.05, 0.1) is 6.61 Å². The summed E-state index contributed by atoms with van der Waals surface area (Å²) in [6.07, 6.45) is 5.30. The summed E-state index contributed by atoms with van der Waals surface area (Å²) in [7, 11) is 0. The average Bonchev–Trinajstić information content (AvgIpc) is 3.20. The van der Waals surface area contributed by atoms with Crippen molar-refractivity contribution >= 4 is 0 Å². The highest BCUT2D eigenvalue weighted by molar-refractivity contribution is 5.37. The average molecular weight is 245 g/mol. The van der Waals surface area contributed by atoms with E-state index in [4.69, 9.17) is 4.74 Å². The fraction of sp³-hybridized carbons (Fsp3) is 0.625. The number of fused-ring (bicyclic) bond motifs is 1. The Hall–Kier alpha value is -1.02. The van der Waals surface area contributed by atoms with Crippen LogP contribution < -0.4 is 10.1 Å². The van der Waals surface area contributed by atoms with E-state index >= 15 is 0 Å². The molecule has 98 valence electrons. The monoisotopic (exact) mass is 245 g/mol. The molecule has 0 aromatic heterocycles. The van der Waals surface area contributed by atoms with Crippen LogP contribution in [0.5, 0.6) is 5.75 Å². The second-order valence-electron chi connectivity index (χ2n) is 5.86. The highest BCUT2D eigenvalue weighted by Gasteiger charge is 2.40. The molecule has 1 saturated carbocycles. The van der Waals surface area contributed by atoms with E-state index < -0.39 is 0 Å². The SMILES string of the molecule is CCC1(CNCC2CCOc3ccccc32)CC1. The van der Waals surface area contributed by atoms with E-state index in [2.05, 4.69) is 36.5 Å². The molecule has 1 aliphatic carbocycles. The molecule has 0 bridgehead atoms. The number of rotatable bonds is 5. The smallest absolute Gasteiger partial charge is 0.122 e. The molecule has 1 fully saturated rings. The summed E-state index contributed by atoms with van der Waals surface area (Å²) in [6.45, 7) is 5.48. The van der Waals surface area contributed by atoms with E-state index in [0.29, 0.717) is 11.3 Å². The minimum atomic E-state index is 0.627. The zero-order valence-corrected chi connectivity index (χ0v) is 11.2. The van der Waals surface area contributed by atoms with Crippen molar-refractivity contribution in [2.75, 3.05) is 19.7 Å². The number of hydrogen-bond acceptors (Lipinski definition) is 2. The van der Waals surface area contributed by atoms with Gasteiger partial charge in [0.25, 0.3) is 0 Å². The van der Waals surface area contributed by atoms with Gasteiger partial charge in [-0.1, -0.05) is 25.1 Å². The van der Waals surface area contributed by atoms with Crippen molar-refractivity contribution < 1.29 is 4.74 Å². The zero-order valence-electron chi connectivity index (χ0n) is 11.2. The molecule has 0 spiro atoms. The van der Waals surface area contributed by atoms with Gasteiger partial charge in [-0.15, -0.1) is 0 Å². The second-order valence-corrected chi connectivity index (χ2v) is 5.86. The normalized spacial score (nSPS) is 24.2. The van der Waals surface area contributed by atoms with Crippen LogP contribution in [0.25, 0.3) is 0 Å². The van der Waals surface area contributed by atoms with Crippen LogP contribution in [0.15, 0.2) is 24.3 Å². The topological polar surface area (TPSA) is 21.3 Å². The maximum atomic E-state index is 5.71. The first-order valence-corrected chi connectivity index (χ1v) is 7.25. The lowest BCUT2D eigenvalue weighted by Gasteiger charge is -2.26. The summed E-state index contributed by atoms with van der Waals surface area (Å²) in [6, 6.07) is 8.49. The van der Waals surface area contributed by atoms with Gasteiger partial charge in [0.1, 0.15) is 5.75 Å². The van der Waals surface area contributed by atoms with Gasteiger partial charge in [0.2, 0.25) is 0 Å². The van der Waals surface area contributed by atoms with Crippen LogP contribution in [0, 0.1) is 5.41 Å². The number of para-hydroxylation sites is 1. The number of benzene rings is 1. The van der Waals surface area contributed by atoms with Gasteiger partial charge in [-0.2, -0.15) is 0 Å². The molecule has 0 amide bonds. The molecule has 1 aromatic carbocycles. The quantitative estimate of drug-likeness (QED) is 0.859. The van der Waals surface area contributed by atoms with Crippen molar-refractivity contribution in [3.05, 3.63) is 29.8 Å². The summed E-state index contributed by atoms with van der Waals surface area (Å²) in [4.78, 5) is 0. The third-order valence-corrected chi connectivity index (χ3v) is 4.68. The van der Waals surface area contributed by atoms with Crippen molar-refractivity contribution in [3.8, 4) is 5.75 Å². The minimum Gasteiger partial charge on any atom is -0.493 e. The lowest BCUT2D eigenvalue weighted by molar-refractivity contribution is 0.262. The van der Waals surface area contributed by atoms with Crippen molar-refractivity contribution in [1.29, 1.82) is 0 Å². The Morgan fingerprint density at radius 1 is 1.33 bits per heavy atom. The van der Waals surface area contributed by atoms with Gasteiger partial charge in [-0.05, 0) is 42.7 Å². The molecule has 2 heteroatoms. The maximum absolute atomic E-state index is 5.71. The molecule has 1 N–H and O–H groups in total. The van der Waals surface area contributed by atoms with Gasteiger partial charge >= 0.3 is 0 Å². The number of hydrogen-bond donors (Lipinski definition) is 1. The van der Waals surface area contributed by atoms with Gasteiger partial charge in [0, 0.05) is 19.0 Å². The van der Waals surface area contributed by atoms with E-state index in [9.17, 15) is 0 Å². The van der Waals surface area contributed by atoms with Gasteiger partial charge in [0.15, 0.2) is 0 Å². The fourth-order valence-corrected chi connectivity index (χ4v) is 2.97. The standard InChI is InChI=1S/C16H23NO/c1-2-16(8-9-16)12-17-11-13-7-10-18-15-6-4-3-5-14(13)15/h3-6,13,17H,2,7-12H2,1H3. The Morgan fingerprint density at radius 2 is 2.17 bits per heavy atom. The van der Waals surface area contributed by atoms with Gasteiger partial charge < -0.3 is 10.1 Å². The summed E-state index contributed by atoms with van der Waals surface area (Å²) in [5, 5.41) is 3.69. The second kappa shape index (κ2) is 4.93. The first-order chi connectivity index (χ1) is 8.83. The van der Waals surface area contributed by atoms with Crippen LogP contribution in [-0.2, 0) is 0 Å². The molecular weight excluding hydrogens is 222 g/mol. The molecule has 1 heterocycles. The molecule has 0 radical (unpaired) electrons. The maximum Gasteiger partial charge on any atom is 0.122 e. The molecule has 0 saturated heterocycles. The molecule has 1 atom stereocenters. The summed E-state index contributed by atoms with van der Waals surface area (Å²) in [5.74, 6) is 1.72. The lowest BCUT2D eigenvalue weighted by atomic mass is 9.93. The first-order valence-electron chi connectivity index (χ1n) is 7.25. The van der Waals surface area contributed by atoms with Crippen molar-refractivity contribution in [3.63, 3.8) is 0 Å². The number of nitrogens with one attached hydrogen (secondary N) is 1. The molecule has 1 aromatic rings. The fourth-order valence-electron chi connectivity index (χ4n) is 2.97. The molecule has 18 heavy (non-hydrogen) atoms. The molecule has 3 rings (SSSR count). The van der Waals surface area contributed by atoms with Crippen LogP contribution in [-0.4, -0.2) is 19.7 Å². The molecule has 2 nitrogen and oxygen atoms in total. The van der Waals surface area contributed by atoms with Gasteiger partial charge in [-0.25, -0.2) is 0 Å². The van der Waals surface area contributed by atoms with E-state index in [1.807, 2.05) is 0 Å². The first kappa shape index (κ1) is 12.0. The van der Waals surface area contributed by atoms with E-state index in [1.165, 1.54) is 31.4 Å². The number of ether oxygens (including phenoxy) is 1. The summed E-state index contributed by atoms with van der Waals surface area (Å²) in [5.41, 5.74) is 2.03. The lowest BCUT2D eigenvalue weighted by Crippen LogP contribution is -2.30. The van der Waals surface area contributed by atoms with E-state index in [1.54, 1.807) is 0 Å². The predicted octanol–water partition coefficient (Wildman–Crippen LogP) is 3.33. The molecular formula is C16H23NO. The van der Waals surface area contributed by atoms with E-state index in [-0.39, 0.29) is 0 Å². The van der Waals surface area contributed by atoms with Crippen LogP contribution in [0.1, 0.15) is 44.1 Å². The third kappa shape index (κ3) is 2.39. The molecule has 2 aliphatic rings. The van der Waals surface area contributed by atoms with Crippen molar-refractivity contribution in [2.45, 2.75) is 38.5 Å². The molecule has 1 unspecified atom stereocenters. The Labute approximate surface area is 110 Å². The van der Waals surface area contributed by atoms with Crippen LogP contribution in [0.4, 0.5) is 0 Å². The van der Waals surface area contributed by atoms with Crippen molar-refractivity contribution in [1.82, 2.24) is 5.32 Å². The highest BCUT2D eigenvalue weighted by atomic mass is 16.5. The van der Waals surface area contributed by atoms with Crippen LogP contribution >= 0.6 is 0 Å². The van der Waals surface area contributed by atoms with E-state index in [0.717, 1.165) is 25.3 Å². The zero-order chi connectivity index (χ0) is 12.4. The highest BCUT2D eigenvalue weighted by Crippen LogP contribution is 2.48. The van der Waals surface area contributed by atoms with Crippen LogP contribution in [0.2, 0.25) is 0 Å². The molecule has 1 aliphatic heterocycles. The summed E-state index contributed by atoms with van der Waals surface area (Å²) < 4.78 is 5.71.